The molecule has 1 aromatic carbocycles. The first-order chi connectivity index (χ1) is 19.3. The zero-order chi connectivity index (χ0) is 28.2. The van der Waals surface area contributed by atoms with Crippen LogP contribution in [-0.2, 0) is 16.0 Å². The fraction of sp³-hybridized carbons (Fsp3) is 0.407. The van der Waals surface area contributed by atoms with E-state index in [9.17, 15) is 24.2 Å². The zero-order valence-electron chi connectivity index (χ0n) is 21.9. The van der Waals surface area contributed by atoms with Crippen LogP contribution in [0.25, 0.3) is 11.0 Å². The number of benzene rings is 1. The van der Waals surface area contributed by atoms with Crippen LogP contribution in [0.1, 0.15) is 12.0 Å². The Morgan fingerprint density at radius 3 is 2.95 bits per heavy atom. The molecular formula is C27H30FN5O7. The highest BCUT2D eigenvalue weighted by Gasteiger charge is 2.34. The SMILES string of the molecule is COc1ccc2ncc(F)c(CCCN(C[C@@H](O)CO)C[C@@H]3CN(c4ccc5c(c4)NC(=O)CO5)C(=O)O3)c2n1. The molecule has 212 valence electrons. The van der Waals surface area contributed by atoms with Crippen molar-refractivity contribution in [3.8, 4) is 11.6 Å². The number of nitrogens with zero attached hydrogens (tertiary/aromatic N) is 4. The number of anilines is 2. The van der Waals surface area contributed by atoms with Gasteiger partial charge in [0.15, 0.2) is 6.61 Å². The second-order valence-electron chi connectivity index (χ2n) is 9.64. The molecule has 0 spiro atoms. The van der Waals surface area contributed by atoms with Crippen LogP contribution in [0.4, 0.5) is 20.6 Å². The maximum atomic E-state index is 14.7. The van der Waals surface area contributed by atoms with E-state index in [0.29, 0.717) is 59.0 Å². The summed E-state index contributed by atoms with van der Waals surface area (Å²) in [5.41, 5.74) is 2.40. The minimum atomic E-state index is -0.998. The Morgan fingerprint density at radius 2 is 2.15 bits per heavy atom. The second kappa shape index (κ2) is 12.0. The van der Waals surface area contributed by atoms with Gasteiger partial charge in [0.2, 0.25) is 5.88 Å². The van der Waals surface area contributed by atoms with Crippen molar-refractivity contribution in [2.45, 2.75) is 25.0 Å². The average Bonchev–Trinajstić information content (AvgIpc) is 3.32. The van der Waals surface area contributed by atoms with E-state index < -0.39 is 30.7 Å². The number of cyclic esters (lactones) is 1. The molecule has 1 fully saturated rings. The number of carbonyl (C=O) groups is 2. The summed E-state index contributed by atoms with van der Waals surface area (Å²) in [6.45, 7) is 0.605. The van der Waals surface area contributed by atoms with Gasteiger partial charge < -0.3 is 29.7 Å². The molecular weight excluding hydrogens is 525 g/mol. The van der Waals surface area contributed by atoms with Crippen LogP contribution in [0.15, 0.2) is 36.5 Å². The van der Waals surface area contributed by atoms with Crippen LogP contribution in [0.3, 0.4) is 0 Å². The Hall–Kier alpha value is -4.07. The molecule has 1 saturated heterocycles. The lowest BCUT2D eigenvalue weighted by atomic mass is 10.1. The minimum Gasteiger partial charge on any atom is -0.482 e. The van der Waals surface area contributed by atoms with Crippen molar-refractivity contribution >= 4 is 34.4 Å². The Balaban J connectivity index is 1.25. The average molecular weight is 556 g/mol. The lowest BCUT2D eigenvalue weighted by molar-refractivity contribution is -0.118. The highest BCUT2D eigenvalue weighted by Crippen LogP contribution is 2.33. The molecule has 2 aliphatic heterocycles. The van der Waals surface area contributed by atoms with Crippen molar-refractivity contribution in [2.75, 3.05) is 56.7 Å². The monoisotopic (exact) mass is 555 g/mol. The molecule has 3 N–H and O–H groups in total. The largest absolute Gasteiger partial charge is 0.482 e. The summed E-state index contributed by atoms with van der Waals surface area (Å²) in [6.07, 6.45) is -0.0464. The Labute approximate surface area is 229 Å². The number of carbonyl (C=O) groups excluding carboxylic acids is 2. The van der Waals surface area contributed by atoms with Crippen molar-refractivity contribution in [2.24, 2.45) is 0 Å². The summed E-state index contributed by atoms with van der Waals surface area (Å²) >= 11 is 0. The van der Waals surface area contributed by atoms with E-state index in [4.69, 9.17) is 14.2 Å². The maximum Gasteiger partial charge on any atom is 0.414 e. The molecule has 2 aromatic heterocycles. The first-order valence-corrected chi connectivity index (χ1v) is 12.9. The fourth-order valence-electron chi connectivity index (χ4n) is 4.88. The van der Waals surface area contributed by atoms with Gasteiger partial charge in [0, 0.05) is 30.4 Å². The molecule has 2 aliphatic rings. The summed E-state index contributed by atoms with van der Waals surface area (Å²) in [6, 6.07) is 8.43. The number of aromatic nitrogens is 2. The lowest BCUT2D eigenvalue weighted by Gasteiger charge is -2.26. The van der Waals surface area contributed by atoms with Gasteiger partial charge in [-0.15, -0.1) is 0 Å². The molecule has 5 rings (SSSR count). The van der Waals surface area contributed by atoms with E-state index in [1.54, 1.807) is 30.3 Å². The van der Waals surface area contributed by atoms with Gasteiger partial charge in [0.25, 0.3) is 5.91 Å². The predicted molar refractivity (Wildman–Crippen MR) is 142 cm³/mol. The van der Waals surface area contributed by atoms with Gasteiger partial charge in [0.1, 0.15) is 17.7 Å². The molecule has 0 radical (unpaired) electrons. The van der Waals surface area contributed by atoms with Gasteiger partial charge in [-0.2, -0.15) is 0 Å². The molecule has 4 heterocycles. The molecule has 0 unspecified atom stereocenters. The summed E-state index contributed by atoms with van der Waals surface area (Å²) < 4.78 is 30.9. The molecule has 0 bridgehead atoms. The number of hydrogen-bond donors (Lipinski definition) is 3. The van der Waals surface area contributed by atoms with Crippen molar-refractivity contribution in [1.29, 1.82) is 0 Å². The third kappa shape index (κ3) is 6.06. The summed E-state index contributed by atoms with van der Waals surface area (Å²) in [7, 11) is 1.49. The summed E-state index contributed by atoms with van der Waals surface area (Å²) in [5.74, 6) is 0.125. The second-order valence-corrected chi connectivity index (χ2v) is 9.64. The topological polar surface area (TPSA) is 147 Å². The van der Waals surface area contributed by atoms with Gasteiger partial charge >= 0.3 is 6.09 Å². The molecule has 13 heteroatoms. The number of aliphatic hydroxyl groups is 2. The molecule has 0 saturated carbocycles. The van der Waals surface area contributed by atoms with E-state index >= 15 is 0 Å². The molecule has 0 aliphatic carbocycles. The third-order valence-electron chi connectivity index (χ3n) is 6.77. The smallest absolute Gasteiger partial charge is 0.414 e. The van der Waals surface area contributed by atoms with E-state index in [2.05, 4.69) is 15.3 Å². The standard InChI is InChI=1S/C27H30FN5O7/c1-38-25-7-5-21-26(31-25)19(20(28)10-29-21)3-2-8-32(11-17(35)14-34)12-18-13-33(27(37)40-18)16-4-6-23-22(9-16)30-24(36)15-39-23/h4-7,9-10,17-18,34-35H,2-3,8,11-15H2,1H3,(H,30,36)/t17-,18-/m1/s1. The van der Waals surface area contributed by atoms with Crippen molar-refractivity contribution in [3.05, 3.63) is 47.9 Å². The van der Waals surface area contributed by atoms with Crippen LogP contribution in [0, 0.1) is 5.82 Å². The number of hydrogen-bond acceptors (Lipinski definition) is 10. The quantitative estimate of drug-likeness (QED) is 0.320. The summed E-state index contributed by atoms with van der Waals surface area (Å²) in [4.78, 5) is 36.2. The van der Waals surface area contributed by atoms with Gasteiger partial charge in [-0.25, -0.2) is 14.2 Å². The van der Waals surface area contributed by atoms with E-state index in [-0.39, 0.29) is 32.1 Å². The predicted octanol–water partition coefficient (Wildman–Crippen LogP) is 1.72. The number of rotatable bonds is 11. The van der Waals surface area contributed by atoms with Crippen molar-refractivity contribution < 1.29 is 38.4 Å². The van der Waals surface area contributed by atoms with Crippen LogP contribution >= 0.6 is 0 Å². The maximum absolute atomic E-state index is 14.7. The Kier molecular flexibility index (Phi) is 8.24. The minimum absolute atomic E-state index is 0.0650. The van der Waals surface area contributed by atoms with Crippen LogP contribution in [0.5, 0.6) is 11.6 Å². The van der Waals surface area contributed by atoms with Gasteiger partial charge in [-0.3, -0.25) is 19.6 Å². The highest BCUT2D eigenvalue weighted by atomic mass is 19.1. The summed E-state index contributed by atoms with van der Waals surface area (Å²) in [5, 5.41) is 22.3. The number of pyridine rings is 2. The number of halogens is 1. The first-order valence-electron chi connectivity index (χ1n) is 12.9. The molecule has 3 aromatic rings. The van der Waals surface area contributed by atoms with E-state index in [0.717, 1.165) is 0 Å². The zero-order valence-corrected chi connectivity index (χ0v) is 21.9. The van der Waals surface area contributed by atoms with Crippen LogP contribution < -0.4 is 19.7 Å². The van der Waals surface area contributed by atoms with Crippen molar-refractivity contribution in [1.82, 2.24) is 14.9 Å². The molecule has 12 nitrogen and oxygen atoms in total. The number of nitrogens with one attached hydrogen (secondary N) is 1. The number of methoxy groups -OCH3 is 1. The lowest BCUT2D eigenvalue weighted by Crippen LogP contribution is -2.41. The highest BCUT2D eigenvalue weighted by molar-refractivity contribution is 5.97. The van der Waals surface area contributed by atoms with Gasteiger partial charge in [0.05, 0.1) is 49.3 Å². The number of aliphatic hydroxyl groups excluding tert-OH is 2. The number of amides is 2. The van der Waals surface area contributed by atoms with Crippen LogP contribution in [-0.4, -0.2) is 95.8 Å². The van der Waals surface area contributed by atoms with Gasteiger partial charge in [-0.1, -0.05) is 0 Å². The molecule has 2 atom stereocenters. The number of ether oxygens (including phenoxy) is 3. The Bertz CT molecular complexity index is 1410. The third-order valence-corrected chi connectivity index (χ3v) is 6.77. The Morgan fingerprint density at radius 1 is 1.30 bits per heavy atom. The molecule has 40 heavy (non-hydrogen) atoms. The number of aryl methyl sites for hydroxylation is 1. The molecule has 2 amide bonds. The number of fused-ring (bicyclic) bond motifs is 2. The van der Waals surface area contributed by atoms with E-state index in [1.807, 2.05) is 4.90 Å². The van der Waals surface area contributed by atoms with Crippen molar-refractivity contribution in [3.63, 3.8) is 0 Å². The first kappa shape index (κ1) is 27.5. The normalized spacial score (nSPS) is 17.4. The van der Waals surface area contributed by atoms with E-state index in [1.165, 1.54) is 18.2 Å². The van der Waals surface area contributed by atoms with Crippen LogP contribution in [0.2, 0.25) is 0 Å². The fourth-order valence-corrected chi connectivity index (χ4v) is 4.88. The van der Waals surface area contributed by atoms with Gasteiger partial charge in [-0.05, 0) is 43.7 Å².